The van der Waals surface area contributed by atoms with Crippen LogP contribution in [0.15, 0.2) is 60.7 Å². The molecule has 0 radical (unpaired) electrons. The van der Waals surface area contributed by atoms with Crippen LogP contribution in [0.5, 0.6) is 11.5 Å². The molecule has 36 heavy (non-hydrogen) atoms. The summed E-state index contributed by atoms with van der Waals surface area (Å²) >= 11 is 0. The highest BCUT2D eigenvalue weighted by atomic mass is 16.5. The average molecular weight is 487 g/mol. The number of esters is 1. The van der Waals surface area contributed by atoms with Gasteiger partial charge in [0.15, 0.2) is 0 Å². The molecule has 1 heterocycles. The van der Waals surface area contributed by atoms with Gasteiger partial charge in [-0.25, -0.2) is 0 Å². The van der Waals surface area contributed by atoms with E-state index < -0.39 is 11.6 Å². The standard InChI is InChI=1S/C31H34O5/c1-21-22(2)30-27(23(3)29(21)35-20-25-13-9-6-10-14-25)15-16-31(4,36-30)18-26(32)17-28(33)34-19-24-11-7-5-8-12-24/h5-14H,15-20H2,1-4H3/t31-/m0/s1. The van der Waals surface area contributed by atoms with Crippen LogP contribution in [0, 0.1) is 20.8 Å². The zero-order chi connectivity index (χ0) is 25.7. The molecule has 0 saturated carbocycles. The number of rotatable bonds is 9. The molecule has 0 unspecified atom stereocenters. The quantitative estimate of drug-likeness (QED) is 0.260. The summed E-state index contributed by atoms with van der Waals surface area (Å²) < 4.78 is 18.0. The third-order valence-corrected chi connectivity index (χ3v) is 6.94. The number of hydrogen-bond acceptors (Lipinski definition) is 5. The van der Waals surface area contributed by atoms with E-state index in [4.69, 9.17) is 14.2 Å². The second kappa shape index (κ2) is 11.0. The van der Waals surface area contributed by atoms with Crippen LogP contribution in [0.25, 0.3) is 0 Å². The van der Waals surface area contributed by atoms with E-state index in [9.17, 15) is 9.59 Å². The molecule has 0 amide bonds. The molecule has 5 heteroatoms. The average Bonchev–Trinajstić information content (AvgIpc) is 2.87. The smallest absolute Gasteiger partial charge is 0.313 e. The van der Waals surface area contributed by atoms with Gasteiger partial charge in [0.05, 0.1) is 0 Å². The first-order valence-electron chi connectivity index (χ1n) is 12.5. The monoisotopic (exact) mass is 486 g/mol. The molecule has 5 nitrogen and oxygen atoms in total. The summed E-state index contributed by atoms with van der Waals surface area (Å²) in [4.78, 5) is 25.0. The minimum absolute atomic E-state index is 0.163. The zero-order valence-corrected chi connectivity index (χ0v) is 21.6. The van der Waals surface area contributed by atoms with Crippen molar-refractivity contribution in [2.24, 2.45) is 0 Å². The highest BCUT2D eigenvalue weighted by molar-refractivity contribution is 5.96. The number of ketones is 1. The first-order valence-corrected chi connectivity index (χ1v) is 12.5. The molecular formula is C31H34O5. The summed E-state index contributed by atoms with van der Waals surface area (Å²) in [5, 5.41) is 0. The third kappa shape index (κ3) is 5.96. The van der Waals surface area contributed by atoms with Crippen LogP contribution in [-0.2, 0) is 34.0 Å². The summed E-state index contributed by atoms with van der Waals surface area (Å²) in [6.07, 6.45) is 1.39. The molecule has 0 aliphatic carbocycles. The van der Waals surface area contributed by atoms with Gasteiger partial charge in [-0.15, -0.1) is 0 Å². The number of ether oxygens (including phenoxy) is 3. The fourth-order valence-corrected chi connectivity index (χ4v) is 4.78. The summed E-state index contributed by atoms with van der Waals surface area (Å²) in [6.45, 7) is 8.79. The molecule has 0 N–H and O–H groups in total. The van der Waals surface area contributed by atoms with Crippen LogP contribution in [-0.4, -0.2) is 17.4 Å². The van der Waals surface area contributed by atoms with E-state index in [1.807, 2.05) is 69.3 Å². The van der Waals surface area contributed by atoms with Gasteiger partial charge in [0.2, 0.25) is 0 Å². The Labute approximate surface area is 213 Å². The molecule has 0 fully saturated rings. The van der Waals surface area contributed by atoms with Crippen LogP contribution in [0.4, 0.5) is 0 Å². The van der Waals surface area contributed by atoms with E-state index in [-0.39, 0.29) is 25.2 Å². The predicted octanol–water partition coefficient (Wildman–Crippen LogP) is 6.37. The van der Waals surface area contributed by atoms with Gasteiger partial charge in [0.1, 0.15) is 42.5 Å². The van der Waals surface area contributed by atoms with Gasteiger partial charge in [-0.1, -0.05) is 60.7 Å². The maximum Gasteiger partial charge on any atom is 0.313 e. The number of benzene rings is 3. The minimum atomic E-state index is -0.667. The number of Topliss-reactive ketones (excluding diaryl/α,β-unsaturated/α-hetero) is 1. The molecule has 0 aromatic heterocycles. The Morgan fingerprint density at radius 2 is 1.47 bits per heavy atom. The van der Waals surface area contributed by atoms with Gasteiger partial charge in [0, 0.05) is 12.0 Å². The minimum Gasteiger partial charge on any atom is -0.488 e. The van der Waals surface area contributed by atoms with Crippen LogP contribution in [0.2, 0.25) is 0 Å². The second-order valence-electron chi connectivity index (χ2n) is 9.88. The van der Waals surface area contributed by atoms with Crippen molar-refractivity contribution in [2.75, 3.05) is 0 Å². The maximum atomic E-state index is 12.7. The Balaban J connectivity index is 1.40. The van der Waals surface area contributed by atoms with E-state index in [1.54, 1.807) is 0 Å². The highest BCUT2D eigenvalue weighted by Gasteiger charge is 2.37. The van der Waals surface area contributed by atoms with Gasteiger partial charge < -0.3 is 14.2 Å². The Bertz CT molecular complexity index is 1230. The fraction of sp³-hybridized carbons (Fsp3) is 0.355. The largest absolute Gasteiger partial charge is 0.488 e. The Morgan fingerprint density at radius 3 is 2.11 bits per heavy atom. The Hall–Kier alpha value is -3.60. The number of carbonyl (C=O) groups is 2. The first kappa shape index (κ1) is 25.5. The SMILES string of the molecule is Cc1c(C)c2c(c(C)c1OCc1ccccc1)CC[C@@](C)(CC(=O)CC(=O)OCc1ccccc1)O2. The predicted molar refractivity (Wildman–Crippen MR) is 139 cm³/mol. The third-order valence-electron chi connectivity index (χ3n) is 6.94. The van der Waals surface area contributed by atoms with Crippen molar-refractivity contribution in [3.63, 3.8) is 0 Å². The number of fused-ring (bicyclic) bond motifs is 1. The van der Waals surface area contributed by atoms with Gasteiger partial charge in [0.25, 0.3) is 0 Å². The first-order chi connectivity index (χ1) is 17.3. The highest BCUT2D eigenvalue weighted by Crippen LogP contribution is 2.44. The van der Waals surface area contributed by atoms with Crippen molar-refractivity contribution in [1.82, 2.24) is 0 Å². The molecule has 0 saturated heterocycles. The molecule has 1 atom stereocenters. The van der Waals surface area contributed by atoms with Gasteiger partial charge in [-0.3, -0.25) is 9.59 Å². The lowest BCUT2D eigenvalue weighted by molar-refractivity contribution is -0.147. The molecular weight excluding hydrogens is 452 g/mol. The van der Waals surface area contributed by atoms with Crippen LogP contribution >= 0.6 is 0 Å². The topological polar surface area (TPSA) is 61.8 Å². The molecule has 0 spiro atoms. The van der Waals surface area contributed by atoms with Crippen LogP contribution in [0.1, 0.15) is 59.6 Å². The van der Waals surface area contributed by atoms with Crippen molar-refractivity contribution in [3.05, 3.63) is 94.0 Å². The second-order valence-corrected chi connectivity index (χ2v) is 9.88. The van der Waals surface area contributed by atoms with E-state index in [0.717, 1.165) is 51.3 Å². The van der Waals surface area contributed by atoms with E-state index >= 15 is 0 Å². The van der Waals surface area contributed by atoms with Gasteiger partial charge >= 0.3 is 5.97 Å². The summed E-state index contributed by atoms with van der Waals surface area (Å²) in [7, 11) is 0. The number of hydrogen-bond donors (Lipinski definition) is 0. The molecule has 3 aromatic carbocycles. The zero-order valence-electron chi connectivity index (χ0n) is 21.6. The van der Waals surface area contributed by atoms with Crippen molar-refractivity contribution < 1.29 is 23.8 Å². The normalized spacial score (nSPS) is 16.6. The van der Waals surface area contributed by atoms with Gasteiger partial charge in [-0.2, -0.15) is 0 Å². The fourth-order valence-electron chi connectivity index (χ4n) is 4.78. The van der Waals surface area contributed by atoms with Crippen molar-refractivity contribution in [2.45, 2.75) is 72.2 Å². The Kier molecular flexibility index (Phi) is 7.78. The van der Waals surface area contributed by atoms with Crippen LogP contribution in [0.3, 0.4) is 0 Å². The lowest BCUT2D eigenvalue weighted by Crippen LogP contribution is -2.39. The molecule has 0 bridgehead atoms. The summed E-state index contributed by atoms with van der Waals surface area (Å²) in [6, 6.07) is 19.6. The molecule has 1 aliphatic rings. The molecule has 1 aliphatic heterocycles. The molecule has 3 aromatic rings. The van der Waals surface area contributed by atoms with E-state index in [1.165, 1.54) is 0 Å². The Morgan fingerprint density at radius 1 is 0.861 bits per heavy atom. The summed E-state index contributed by atoms with van der Waals surface area (Å²) in [5.41, 5.74) is 5.64. The van der Waals surface area contributed by atoms with Crippen molar-refractivity contribution in [3.8, 4) is 11.5 Å². The van der Waals surface area contributed by atoms with E-state index in [2.05, 4.69) is 19.1 Å². The number of carbonyl (C=O) groups excluding carboxylic acids is 2. The van der Waals surface area contributed by atoms with Crippen molar-refractivity contribution >= 4 is 11.8 Å². The lowest BCUT2D eigenvalue weighted by atomic mass is 9.84. The van der Waals surface area contributed by atoms with Gasteiger partial charge in [-0.05, 0) is 68.4 Å². The summed E-state index contributed by atoms with van der Waals surface area (Å²) in [5.74, 6) is 1.06. The maximum absolute atomic E-state index is 12.7. The van der Waals surface area contributed by atoms with Crippen molar-refractivity contribution in [1.29, 1.82) is 0 Å². The molecule has 188 valence electrons. The van der Waals surface area contributed by atoms with E-state index in [0.29, 0.717) is 13.0 Å². The van der Waals surface area contributed by atoms with Crippen LogP contribution < -0.4 is 9.47 Å². The lowest BCUT2D eigenvalue weighted by Gasteiger charge is -2.38. The molecule has 4 rings (SSSR count).